The number of Topliss-reactive ketones (excluding diaryl/α,β-unsaturated/α-hetero) is 1. The molecule has 1 aliphatic rings. The topological polar surface area (TPSA) is 26.3 Å². The van der Waals surface area contributed by atoms with Gasteiger partial charge in [0.2, 0.25) is 5.78 Å². The summed E-state index contributed by atoms with van der Waals surface area (Å²) in [6.07, 6.45) is -0.217. The maximum absolute atomic E-state index is 12.0. The standard InChI is InChI=1S/C10H12O2S2/c1-7-2-4-14-10(7)9(11)8-6-13-5-3-12-8/h2,4,8H,3,5-6H2,1H3. The summed E-state index contributed by atoms with van der Waals surface area (Å²) in [6, 6.07) is 1.98. The van der Waals surface area contributed by atoms with Crippen molar-refractivity contribution in [2.45, 2.75) is 13.0 Å². The number of ketones is 1. The number of hydrogen-bond donors (Lipinski definition) is 0. The van der Waals surface area contributed by atoms with Crippen LogP contribution in [0.2, 0.25) is 0 Å². The van der Waals surface area contributed by atoms with Crippen LogP contribution in [0.1, 0.15) is 15.2 Å². The van der Waals surface area contributed by atoms with Crippen LogP contribution in [-0.2, 0) is 4.74 Å². The van der Waals surface area contributed by atoms with Gasteiger partial charge in [-0.3, -0.25) is 4.79 Å². The molecule has 2 rings (SSSR count). The van der Waals surface area contributed by atoms with Crippen molar-refractivity contribution in [1.82, 2.24) is 0 Å². The molecule has 0 bridgehead atoms. The lowest BCUT2D eigenvalue weighted by Gasteiger charge is -2.20. The predicted octanol–water partition coefficient (Wildman–Crippen LogP) is 2.37. The second kappa shape index (κ2) is 4.47. The molecule has 0 N–H and O–H groups in total. The number of ether oxygens (including phenoxy) is 1. The van der Waals surface area contributed by atoms with Crippen LogP contribution in [0.15, 0.2) is 11.4 Å². The first-order chi connectivity index (χ1) is 6.79. The molecule has 1 aromatic heterocycles. The molecule has 14 heavy (non-hydrogen) atoms. The van der Waals surface area contributed by atoms with Gasteiger partial charge in [0, 0.05) is 11.5 Å². The third-order valence-electron chi connectivity index (χ3n) is 2.19. The van der Waals surface area contributed by atoms with Crippen molar-refractivity contribution in [3.63, 3.8) is 0 Å². The van der Waals surface area contributed by atoms with Gasteiger partial charge in [-0.15, -0.1) is 11.3 Å². The molecule has 0 aromatic carbocycles. The largest absolute Gasteiger partial charge is 0.368 e. The molecule has 1 unspecified atom stereocenters. The van der Waals surface area contributed by atoms with E-state index in [0.717, 1.165) is 21.9 Å². The van der Waals surface area contributed by atoms with Crippen molar-refractivity contribution in [3.05, 3.63) is 21.9 Å². The Kier molecular flexibility index (Phi) is 3.26. The lowest BCUT2D eigenvalue weighted by atomic mass is 10.1. The summed E-state index contributed by atoms with van der Waals surface area (Å²) in [5.41, 5.74) is 1.07. The molecule has 76 valence electrons. The summed E-state index contributed by atoms with van der Waals surface area (Å²) >= 11 is 3.31. The minimum absolute atomic E-state index is 0.157. The van der Waals surface area contributed by atoms with Crippen LogP contribution in [0.5, 0.6) is 0 Å². The summed E-state index contributed by atoms with van der Waals surface area (Å²) in [7, 11) is 0. The van der Waals surface area contributed by atoms with Crippen LogP contribution in [0, 0.1) is 6.92 Å². The van der Waals surface area contributed by atoms with Gasteiger partial charge in [-0.25, -0.2) is 0 Å². The fraction of sp³-hybridized carbons (Fsp3) is 0.500. The zero-order valence-corrected chi connectivity index (χ0v) is 9.62. The highest BCUT2D eigenvalue weighted by Gasteiger charge is 2.25. The van der Waals surface area contributed by atoms with Crippen LogP contribution in [0.3, 0.4) is 0 Å². The molecule has 2 heterocycles. The number of hydrogen-bond acceptors (Lipinski definition) is 4. The summed E-state index contributed by atoms with van der Waals surface area (Å²) < 4.78 is 5.45. The normalized spacial score (nSPS) is 22.2. The Morgan fingerprint density at radius 3 is 3.07 bits per heavy atom. The average molecular weight is 228 g/mol. The highest BCUT2D eigenvalue weighted by atomic mass is 32.2. The second-order valence-corrected chi connectivity index (χ2v) is 5.30. The molecule has 1 aromatic rings. The van der Waals surface area contributed by atoms with Gasteiger partial charge >= 0.3 is 0 Å². The maximum atomic E-state index is 12.0. The zero-order valence-electron chi connectivity index (χ0n) is 7.99. The summed E-state index contributed by atoms with van der Waals surface area (Å²) in [4.78, 5) is 12.8. The fourth-order valence-electron chi connectivity index (χ4n) is 1.41. The smallest absolute Gasteiger partial charge is 0.202 e. The molecular weight excluding hydrogens is 216 g/mol. The van der Waals surface area contributed by atoms with Crippen LogP contribution >= 0.6 is 23.1 Å². The summed E-state index contributed by atoms with van der Waals surface area (Å²) in [5.74, 6) is 1.97. The van der Waals surface area contributed by atoms with Crippen LogP contribution in [0.25, 0.3) is 0 Å². The molecule has 0 aliphatic carbocycles. The van der Waals surface area contributed by atoms with Gasteiger partial charge in [-0.05, 0) is 23.9 Å². The first-order valence-corrected chi connectivity index (χ1v) is 6.60. The monoisotopic (exact) mass is 228 g/mol. The number of carbonyl (C=O) groups excluding carboxylic acids is 1. The quantitative estimate of drug-likeness (QED) is 0.727. The average Bonchev–Trinajstić information content (AvgIpc) is 2.65. The Bertz CT molecular complexity index is 327. The molecule has 1 fully saturated rings. The van der Waals surface area contributed by atoms with Gasteiger partial charge in [-0.1, -0.05) is 0 Å². The van der Waals surface area contributed by atoms with Crippen LogP contribution in [0.4, 0.5) is 0 Å². The summed E-state index contributed by atoms with van der Waals surface area (Å²) in [6.45, 7) is 2.67. The van der Waals surface area contributed by atoms with Gasteiger partial charge in [-0.2, -0.15) is 11.8 Å². The molecule has 1 aliphatic heterocycles. The third-order valence-corrected chi connectivity index (χ3v) is 4.22. The highest BCUT2D eigenvalue weighted by molar-refractivity contribution is 7.99. The van der Waals surface area contributed by atoms with Crippen molar-refractivity contribution >= 4 is 28.9 Å². The fourth-order valence-corrected chi connectivity index (χ4v) is 3.16. The van der Waals surface area contributed by atoms with E-state index in [-0.39, 0.29) is 11.9 Å². The molecular formula is C10H12O2S2. The maximum Gasteiger partial charge on any atom is 0.202 e. The SMILES string of the molecule is Cc1ccsc1C(=O)C1CSCCO1. The van der Waals surface area contributed by atoms with Gasteiger partial charge < -0.3 is 4.74 Å². The lowest BCUT2D eigenvalue weighted by molar-refractivity contribution is 0.0522. The van der Waals surface area contributed by atoms with Crippen molar-refractivity contribution in [2.75, 3.05) is 18.1 Å². The Balaban J connectivity index is 2.11. The molecule has 0 spiro atoms. The Morgan fingerprint density at radius 2 is 2.50 bits per heavy atom. The highest BCUT2D eigenvalue weighted by Crippen LogP contribution is 2.22. The van der Waals surface area contributed by atoms with E-state index in [4.69, 9.17) is 4.74 Å². The Labute approximate surface area is 91.7 Å². The van der Waals surface area contributed by atoms with Gasteiger partial charge in [0.15, 0.2) is 0 Å². The molecule has 0 radical (unpaired) electrons. The number of carbonyl (C=O) groups is 1. The molecule has 2 nitrogen and oxygen atoms in total. The minimum Gasteiger partial charge on any atom is -0.368 e. The van der Waals surface area contributed by atoms with E-state index in [9.17, 15) is 4.79 Å². The number of thioether (sulfide) groups is 1. The zero-order chi connectivity index (χ0) is 9.97. The van der Waals surface area contributed by atoms with E-state index >= 15 is 0 Å². The van der Waals surface area contributed by atoms with E-state index in [0.29, 0.717) is 6.61 Å². The van der Waals surface area contributed by atoms with Crippen molar-refractivity contribution in [2.24, 2.45) is 0 Å². The van der Waals surface area contributed by atoms with Gasteiger partial charge in [0.25, 0.3) is 0 Å². The van der Waals surface area contributed by atoms with Gasteiger partial charge in [0.05, 0.1) is 11.5 Å². The Hall–Kier alpha value is -0.320. The molecule has 0 amide bonds. The number of rotatable bonds is 2. The molecule has 4 heteroatoms. The van der Waals surface area contributed by atoms with E-state index in [2.05, 4.69) is 0 Å². The van der Waals surface area contributed by atoms with E-state index in [1.807, 2.05) is 18.4 Å². The molecule has 1 saturated heterocycles. The first-order valence-electron chi connectivity index (χ1n) is 4.56. The predicted molar refractivity (Wildman–Crippen MR) is 60.5 cm³/mol. The van der Waals surface area contributed by atoms with Crippen LogP contribution in [-0.4, -0.2) is 30.0 Å². The first kappa shape index (κ1) is 10.2. The minimum atomic E-state index is -0.217. The third kappa shape index (κ3) is 2.02. The number of aryl methyl sites for hydroxylation is 1. The molecule has 0 saturated carbocycles. The lowest BCUT2D eigenvalue weighted by Crippen LogP contribution is -2.31. The van der Waals surface area contributed by atoms with Crippen molar-refractivity contribution in [3.8, 4) is 0 Å². The Morgan fingerprint density at radius 1 is 1.64 bits per heavy atom. The second-order valence-electron chi connectivity index (χ2n) is 3.23. The van der Waals surface area contributed by atoms with Crippen molar-refractivity contribution in [1.29, 1.82) is 0 Å². The van der Waals surface area contributed by atoms with E-state index < -0.39 is 0 Å². The van der Waals surface area contributed by atoms with E-state index in [1.54, 1.807) is 11.8 Å². The van der Waals surface area contributed by atoms with Crippen LogP contribution < -0.4 is 0 Å². The van der Waals surface area contributed by atoms with E-state index in [1.165, 1.54) is 11.3 Å². The number of thiophene rings is 1. The van der Waals surface area contributed by atoms with Gasteiger partial charge in [0.1, 0.15) is 6.10 Å². The summed E-state index contributed by atoms with van der Waals surface area (Å²) in [5, 5.41) is 1.96. The van der Waals surface area contributed by atoms with Crippen molar-refractivity contribution < 1.29 is 9.53 Å². The molecule has 1 atom stereocenters.